The molecule has 1 aromatic carbocycles. The van der Waals surface area contributed by atoms with Crippen LogP contribution in [0.4, 0.5) is 0 Å². The van der Waals surface area contributed by atoms with Gasteiger partial charge >= 0.3 is 0 Å². The second-order valence-corrected chi connectivity index (χ2v) is 5.54. The maximum atomic E-state index is 9.41. The third kappa shape index (κ3) is 7.67. The van der Waals surface area contributed by atoms with Gasteiger partial charge in [-0.05, 0) is 42.9 Å². The van der Waals surface area contributed by atoms with E-state index in [-0.39, 0.29) is 6.61 Å². The minimum Gasteiger partial charge on any atom is -0.396 e. The van der Waals surface area contributed by atoms with Crippen molar-refractivity contribution in [1.82, 2.24) is 0 Å². The van der Waals surface area contributed by atoms with Crippen molar-refractivity contribution < 1.29 is 14.6 Å². The van der Waals surface area contributed by atoms with E-state index in [1.54, 1.807) is 7.11 Å². The van der Waals surface area contributed by atoms with Crippen LogP contribution in [0.2, 0.25) is 0 Å². The van der Waals surface area contributed by atoms with E-state index in [9.17, 15) is 5.11 Å². The second kappa shape index (κ2) is 10.4. The monoisotopic (exact) mass is 330 g/mol. The largest absolute Gasteiger partial charge is 0.396 e. The van der Waals surface area contributed by atoms with Gasteiger partial charge in [0, 0.05) is 24.8 Å². The number of aliphatic hydroxyl groups excluding tert-OH is 1. The van der Waals surface area contributed by atoms with Crippen molar-refractivity contribution >= 4 is 15.9 Å². The summed E-state index contributed by atoms with van der Waals surface area (Å²) in [6.45, 7) is 2.25. The van der Waals surface area contributed by atoms with Gasteiger partial charge in [-0.15, -0.1) is 0 Å². The number of aliphatic hydroxyl groups is 1. The molecule has 19 heavy (non-hydrogen) atoms. The maximum Gasteiger partial charge on any atom is 0.0700 e. The van der Waals surface area contributed by atoms with Crippen molar-refractivity contribution in [3.8, 4) is 0 Å². The fraction of sp³-hybridized carbons (Fsp3) is 0.600. The zero-order valence-electron chi connectivity index (χ0n) is 11.5. The van der Waals surface area contributed by atoms with Crippen LogP contribution in [0, 0.1) is 5.92 Å². The quantitative estimate of drug-likeness (QED) is 0.670. The van der Waals surface area contributed by atoms with Gasteiger partial charge in [0.1, 0.15) is 0 Å². The Hall–Kier alpha value is -0.420. The molecule has 0 amide bonds. The molecule has 0 fully saturated rings. The first-order chi connectivity index (χ1) is 9.26. The van der Waals surface area contributed by atoms with Crippen LogP contribution in [0.1, 0.15) is 18.4 Å². The summed E-state index contributed by atoms with van der Waals surface area (Å²) in [7, 11) is 1.67. The summed E-state index contributed by atoms with van der Waals surface area (Å²) in [5, 5.41) is 9.41. The van der Waals surface area contributed by atoms with Gasteiger partial charge in [0.25, 0.3) is 0 Å². The normalized spacial score (nSPS) is 12.6. The second-order valence-electron chi connectivity index (χ2n) is 4.63. The average molecular weight is 331 g/mol. The molecule has 0 spiro atoms. The fourth-order valence-corrected chi connectivity index (χ4v) is 2.19. The summed E-state index contributed by atoms with van der Waals surface area (Å²) in [6, 6.07) is 8.28. The molecule has 0 aromatic heterocycles. The molecule has 1 N–H and O–H groups in total. The highest BCUT2D eigenvalue weighted by molar-refractivity contribution is 9.10. The molecule has 4 heteroatoms. The highest BCUT2D eigenvalue weighted by atomic mass is 79.9. The van der Waals surface area contributed by atoms with Gasteiger partial charge < -0.3 is 14.6 Å². The van der Waals surface area contributed by atoms with Crippen molar-refractivity contribution in [3.63, 3.8) is 0 Å². The van der Waals surface area contributed by atoms with Crippen LogP contribution in [0.3, 0.4) is 0 Å². The Morgan fingerprint density at radius 1 is 1.16 bits per heavy atom. The number of ether oxygens (including phenoxy) is 2. The number of hydrogen-bond acceptors (Lipinski definition) is 3. The van der Waals surface area contributed by atoms with Crippen molar-refractivity contribution in [2.24, 2.45) is 5.92 Å². The van der Waals surface area contributed by atoms with E-state index in [0.29, 0.717) is 19.1 Å². The first-order valence-electron chi connectivity index (χ1n) is 6.68. The van der Waals surface area contributed by atoms with Crippen LogP contribution < -0.4 is 0 Å². The van der Waals surface area contributed by atoms with Crippen molar-refractivity contribution in [1.29, 1.82) is 0 Å². The molecule has 0 aliphatic carbocycles. The van der Waals surface area contributed by atoms with Gasteiger partial charge in [-0.2, -0.15) is 0 Å². The minimum atomic E-state index is 0.230. The molecule has 1 rings (SSSR count). The summed E-state index contributed by atoms with van der Waals surface area (Å²) in [6.07, 6.45) is 2.88. The van der Waals surface area contributed by atoms with Crippen molar-refractivity contribution in [3.05, 3.63) is 34.3 Å². The molecule has 108 valence electrons. The third-order valence-electron chi connectivity index (χ3n) is 3.03. The van der Waals surface area contributed by atoms with Gasteiger partial charge in [-0.25, -0.2) is 0 Å². The standard InChI is InChI=1S/C15H23BrO3/c1-18-9-10-19-8-2-3-14(12-17)11-13-4-6-15(16)7-5-13/h4-7,14,17H,2-3,8-12H2,1H3. The van der Waals surface area contributed by atoms with E-state index in [1.807, 2.05) is 12.1 Å². The zero-order chi connectivity index (χ0) is 13.9. The first kappa shape index (κ1) is 16.6. The lowest BCUT2D eigenvalue weighted by molar-refractivity contribution is 0.0657. The Bertz CT molecular complexity index is 327. The minimum absolute atomic E-state index is 0.230. The Morgan fingerprint density at radius 3 is 2.53 bits per heavy atom. The number of rotatable bonds is 10. The van der Waals surface area contributed by atoms with Crippen LogP contribution in [-0.4, -0.2) is 38.6 Å². The maximum absolute atomic E-state index is 9.41. The molecule has 1 atom stereocenters. The van der Waals surface area contributed by atoms with E-state index in [4.69, 9.17) is 9.47 Å². The number of methoxy groups -OCH3 is 1. The van der Waals surface area contributed by atoms with Crippen LogP contribution >= 0.6 is 15.9 Å². The van der Waals surface area contributed by atoms with Gasteiger partial charge in [-0.3, -0.25) is 0 Å². The van der Waals surface area contributed by atoms with E-state index < -0.39 is 0 Å². The molecular formula is C15H23BrO3. The lowest BCUT2D eigenvalue weighted by Gasteiger charge is -2.14. The van der Waals surface area contributed by atoms with E-state index in [0.717, 1.165) is 30.3 Å². The number of hydrogen-bond donors (Lipinski definition) is 1. The molecule has 3 nitrogen and oxygen atoms in total. The zero-order valence-corrected chi connectivity index (χ0v) is 13.1. The SMILES string of the molecule is COCCOCCCC(CO)Cc1ccc(Br)cc1. The molecule has 0 bridgehead atoms. The summed E-state index contributed by atoms with van der Waals surface area (Å²) < 4.78 is 11.4. The van der Waals surface area contributed by atoms with Crippen molar-refractivity contribution in [2.45, 2.75) is 19.3 Å². The molecule has 1 unspecified atom stereocenters. The van der Waals surface area contributed by atoms with Crippen molar-refractivity contribution in [2.75, 3.05) is 33.5 Å². The molecule has 0 heterocycles. The highest BCUT2D eigenvalue weighted by Crippen LogP contribution is 2.16. The molecule has 0 aliphatic heterocycles. The lowest BCUT2D eigenvalue weighted by atomic mass is 9.96. The lowest BCUT2D eigenvalue weighted by Crippen LogP contribution is -2.11. The molecule has 0 saturated carbocycles. The van der Waals surface area contributed by atoms with Crippen LogP contribution in [0.15, 0.2) is 28.7 Å². The van der Waals surface area contributed by atoms with Gasteiger partial charge in [0.05, 0.1) is 13.2 Å². The fourth-order valence-electron chi connectivity index (χ4n) is 1.93. The van der Waals surface area contributed by atoms with Crippen LogP contribution in [0.5, 0.6) is 0 Å². The molecule has 0 saturated heterocycles. The van der Waals surface area contributed by atoms with Gasteiger partial charge in [-0.1, -0.05) is 28.1 Å². The van der Waals surface area contributed by atoms with Crippen LogP contribution in [0.25, 0.3) is 0 Å². The third-order valence-corrected chi connectivity index (χ3v) is 3.56. The van der Waals surface area contributed by atoms with Gasteiger partial charge in [0.15, 0.2) is 0 Å². The van der Waals surface area contributed by atoms with E-state index in [1.165, 1.54) is 5.56 Å². The Labute approximate surface area is 124 Å². The molecular weight excluding hydrogens is 308 g/mol. The predicted octanol–water partition coefficient (Wildman–Crippen LogP) is 3.04. The average Bonchev–Trinajstić information content (AvgIpc) is 2.43. The summed E-state index contributed by atoms with van der Waals surface area (Å²) in [5.74, 6) is 0.312. The highest BCUT2D eigenvalue weighted by Gasteiger charge is 2.08. The van der Waals surface area contributed by atoms with E-state index >= 15 is 0 Å². The number of benzene rings is 1. The number of halogens is 1. The van der Waals surface area contributed by atoms with Gasteiger partial charge in [0.2, 0.25) is 0 Å². The Morgan fingerprint density at radius 2 is 1.89 bits per heavy atom. The Balaban J connectivity index is 2.20. The summed E-state index contributed by atoms with van der Waals surface area (Å²) >= 11 is 3.42. The smallest absolute Gasteiger partial charge is 0.0700 e. The first-order valence-corrected chi connectivity index (χ1v) is 7.47. The topological polar surface area (TPSA) is 38.7 Å². The predicted molar refractivity (Wildman–Crippen MR) is 80.4 cm³/mol. The summed E-state index contributed by atoms with van der Waals surface area (Å²) in [5.41, 5.74) is 1.27. The Kier molecular flexibility index (Phi) is 9.08. The van der Waals surface area contributed by atoms with Crippen LogP contribution in [-0.2, 0) is 15.9 Å². The summed E-state index contributed by atoms with van der Waals surface area (Å²) in [4.78, 5) is 0. The molecule has 1 aromatic rings. The molecule has 0 aliphatic rings. The molecule has 0 radical (unpaired) electrons. The van der Waals surface area contributed by atoms with E-state index in [2.05, 4.69) is 28.1 Å².